The van der Waals surface area contributed by atoms with Crippen LogP contribution in [0.2, 0.25) is 0 Å². The number of nitrogens with two attached hydrogens (primary N) is 1. The van der Waals surface area contributed by atoms with E-state index in [2.05, 4.69) is 24.4 Å². The number of hydrogen-bond acceptors (Lipinski definition) is 3. The number of piperidine rings is 1. The number of nitrogens with zero attached hydrogens (tertiary/aromatic N) is 1. The van der Waals surface area contributed by atoms with E-state index in [4.69, 9.17) is 5.73 Å². The van der Waals surface area contributed by atoms with Gasteiger partial charge in [-0.2, -0.15) is 0 Å². The second kappa shape index (κ2) is 7.63. The highest BCUT2D eigenvalue weighted by Gasteiger charge is 2.25. The summed E-state index contributed by atoms with van der Waals surface area (Å²) >= 11 is 1.77. The molecule has 1 aliphatic heterocycles. The van der Waals surface area contributed by atoms with E-state index < -0.39 is 0 Å². The van der Waals surface area contributed by atoms with Crippen LogP contribution in [0.4, 0.5) is 4.79 Å². The van der Waals surface area contributed by atoms with Crippen molar-refractivity contribution in [3.63, 3.8) is 0 Å². The third-order valence-corrected chi connectivity index (χ3v) is 4.99. The molecule has 1 saturated heterocycles. The van der Waals surface area contributed by atoms with E-state index in [9.17, 15) is 9.59 Å². The van der Waals surface area contributed by atoms with Gasteiger partial charge in [0.15, 0.2) is 0 Å². The molecule has 1 fully saturated rings. The highest BCUT2D eigenvalue weighted by Crippen LogP contribution is 2.20. The Balaban J connectivity index is 1.81. The van der Waals surface area contributed by atoms with E-state index in [1.54, 1.807) is 11.3 Å². The lowest BCUT2D eigenvalue weighted by Crippen LogP contribution is -2.48. The molecule has 0 unspecified atom stereocenters. The van der Waals surface area contributed by atoms with Crippen LogP contribution in [0, 0.1) is 12.8 Å². The predicted octanol–water partition coefficient (Wildman–Crippen LogP) is 2.28. The maximum Gasteiger partial charge on any atom is 0.317 e. The molecule has 0 bridgehead atoms. The largest absolute Gasteiger partial charge is 0.370 e. The molecule has 0 aromatic carbocycles. The summed E-state index contributed by atoms with van der Waals surface area (Å²) in [6.07, 6.45) is 3.12. The molecular formula is C16H25N3O2S. The van der Waals surface area contributed by atoms with E-state index >= 15 is 0 Å². The SMILES string of the molecule is Cc1ccc(C[C@H](C)NC(=O)N2CCC[C@H](CC(N)=O)C2)s1. The van der Waals surface area contributed by atoms with Crippen LogP contribution in [-0.4, -0.2) is 36.0 Å². The number of rotatable bonds is 5. The van der Waals surface area contributed by atoms with Gasteiger partial charge in [-0.25, -0.2) is 4.79 Å². The quantitative estimate of drug-likeness (QED) is 0.872. The molecule has 1 aliphatic rings. The van der Waals surface area contributed by atoms with Crippen molar-refractivity contribution in [2.45, 2.75) is 45.6 Å². The van der Waals surface area contributed by atoms with Crippen LogP contribution in [0.5, 0.6) is 0 Å². The van der Waals surface area contributed by atoms with Crippen molar-refractivity contribution in [3.8, 4) is 0 Å². The van der Waals surface area contributed by atoms with Crippen molar-refractivity contribution < 1.29 is 9.59 Å². The fraction of sp³-hybridized carbons (Fsp3) is 0.625. The van der Waals surface area contributed by atoms with Crippen molar-refractivity contribution in [1.82, 2.24) is 10.2 Å². The van der Waals surface area contributed by atoms with Gasteiger partial charge in [0.2, 0.25) is 5.91 Å². The average molecular weight is 323 g/mol. The summed E-state index contributed by atoms with van der Waals surface area (Å²) in [7, 11) is 0. The number of carbonyl (C=O) groups excluding carboxylic acids is 2. The number of urea groups is 1. The molecule has 2 rings (SSSR count). The number of amides is 3. The number of aryl methyl sites for hydroxylation is 1. The fourth-order valence-corrected chi connectivity index (χ4v) is 3.97. The highest BCUT2D eigenvalue weighted by molar-refractivity contribution is 7.11. The molecule has 5 nitrogen and oxygen atoms in total. The molecule has 22 heavy (non-hydrogen) atoms. The molecule has 1 aromatic rings. The number of likely N-dealkylation sites (tertiary alicyclic amines) is 1. The Morgan fingerprint density at radius 1 is 1.50 bits per heavy atom. The van der Waals surface area contributed by atoms with Gasteiger partial charge in [-0.1, -0.05) is 0 Å². The van der Waals surface area contributed by atoms with E-state index in [0.29, 0.717) is 13.0 Å². The van der Waals surface area contributed by atoms with E-state index in [1.807, 2.05) is 11.8 Å². The Kier molecular flexibility index (Phi) is 5.83. The van der Waals surface area contributed by atoms with Gasteiger partial charge in [-0.15, -0.1) is 11.3 Å². The normalized spacial score (nSPS) is 19.7. The number of nitrogens with one attached hydrogen (secondary N) is 1. The van der Waals surface area contributed by atoms with E-state index in [0.717, 1.165) is 25.8 Å². The lowest BCUT2D eigenvalue weighted by molar-refractivity contribution is -0.119. The van der Waals surface area contributed by atoms with Gasteiger partial charge in [-0.3, -0.25) is 4.79 Å². The van der Waals surface area contributed by atoms with E-state index in [-0.39, 0.29) is 23.9 Å². The Labute approximate surface area is 135 Å². The monoisotopic (exact) mass is 323 g/mol. The summed E-state index contributed by atoms with van der Waals surface area (Å²) in [6.45, 7) is 5.49. The first-order valence-corrected chi connectivity index (χ1v) is 8.64. The predicted molar refractivity (Wildman–Crippen MR) is 88.9 cm³/mol. The Morgan fingerprint density at radius 3 is 2.91 bits per heavy atom. The van der Waals surface area contributed by atoms with Gasteiger partial charge in [0.1, 0.15) is 0 Å². The first-order valence-electron chi connectivity index (χ1n) is 7.83. The zero-order valence-electron chi connectivity index (χ0n) is 13.3. The third-order valence-electron chi connectivity index (χ3n) is 3.97. The minimum Gasteiger partial charge on any atom is -0.370 e. The molecule has 0 aliphatic carbocycles. The first-order chi connectivity index (χ1) is 10.4. The molecule has 2 atom stereocenters. The Morgan fingerprint density at radius 2 is 2.27 bits per heavy atom. The summed E-state index contributed by atoms with van der Waals surface area (Å²) < 4.78 is 0. The fourth-order valence-electron chi connectivity index (χ4n) is 2.95. The van der Waals surface area contributed by atoms with Crippen LogP contribution in [0.25, 0.3) is 0 Å². The molecule has 3 amide bonds. The van der Waals surface area contributed by atoms with Crippen LogP contribution in [0.1, 0.15) is 35.9 Å². The van der Waals surface area contributed by atoms with Gasteiger partial charge in [0, 0.05) is 41.7 Å². The lowest BCUT2D eigenvalue weighted by atomic mass is 9.95. The third kappa shape index (κ3) is 5.02. The standard InChI is InChI=1S/C16H25N3O2S/c1-11(8-14-6-5-12(2)22-14)18-16(21)19-7-3-4-13(10-19)9-15(17)20/h5-6,11,13H,3-4,7-10H2,1-2H3,(H2,17,20)(H,18,21)/t11-,13+/m0/s1. The molecule has 0 saturated carbocycles. The summed E-state index contributed by atoms with van der Waals surface area (Å²) in [6, 6.07) is 4.29. The van der Waals surface area contributed by atoms with Crippen LogP contribution >= 0.6 is 11.3 Å². The summed E-state index contributed by atoms with van der Waals surface area (Å²) in [5, 5.41) is 3.06. The molecule has 6 heteroatoms. The molecule has 0 radical (unpaired) electrons. The smallest absolute Gasteiger partial charge is 0.317 e. The van der Waals surface area contributed by atoms with Gasteiger partial charge >= 0.3 is 6.03 Å². The van der Waals surface area contributed by atoms with Crippen molar-refractivity contribution >= 4 is 23.3 Å². The van der Waals surface area contributed by atoms with Crippen molar-refractivity contribution in [3.05, 3.63) is 21.9 Å². The Bertz CT molecular complexity index is 529. The van der Waals surface area contributed by atoms with Crippen LogP contribution in [-0.2, 0) is 11.2 Å². The van der Waals surface area contributed by atoms with Gasteiger partial charge < -0.3 is 16.0 Å². The lowest BCUT2D eigenvalue weighted by Gasteiger charge is -2.33. The first kappa shape index (κ1) is 16.8. The number of hydrogen-bond donors (Lipinski definition) is 2. The van der Waals surface area contributed by atoms with Crippen molar-refractivity contribution in [1.29, 1.82) is 0 Å². The maximum absolute atomic E-state index is 12.3. The topological polar surface area (TPSA) is 75.4 Å². The minimum absolute atomic E-state index is 0.0325. The minimum atomic E-state index is -0.284. The van der Waals surface area contributed by atoms with E-state index in [1.165, 1.54) is 9.75 Å². The molecular weight excluding hydrogens is 298 g/mol. The molecule has 3 N–H and O–H groups in total. The molecule has 0 spiro atoms. The van der Waals surface area contributed by atoms with Crippen LogP contribution in [0.15, 0.2) is 12.1 Å². The zero-order chi connectivity index (χ0) is 16.1. The molecule has 2 heterocycles. The van der Waals surface area contributed by atoms with Gasteiger partial charge in [0.05, 0.1) is 0 Å². The van der Waals surface area contributed by atoms with Gasteiger partial charge in [0.25, 0.3) is 0 Å². The number of primary amides is 1. The van der Waals surface area contributed by atoms with Gasteiger partial charge in [-0.05, 0) is 44.7 Å². The average Bonchev–Trinajstić information content (AvgIpc) is 2.83. The number of thiophene rings is 1. The summed E-state index contributed by atoms with van der Waals surface area (Å²) in [4.78, 5) is 27.8. The zero-order valence-corrected chi connectivity index (χ0v) is 14.1. The van der Waals surface area contributed by atoms with Crippen molar-refractivity contribution in [2.24, 2.45) is 11.7 Å². The summed E-state index contributed by atoms with van der Waals surface area (Å²) in [5.74, 6) is -0.0825. The number of carbonyl (C=O) groups is 2. The molecule has 122 valence electrons. The van der Waals surface area contributed by atoms with Crippen molar-refractivity contribution in [2.75, 3.05) is 13.1 Å². The highest BCUT2D eigenvalue weighted by atomic mass is 32.1. The second-order valence-corrected chi connectivity index (χ2v) is 7.56. The maximum atomic E-state index is 12.3. The second-order valence-electron chi connectivity index (χ2n) is 6.19. The Hall–Kier alpha value is -1.56. The van der Waals surface area contributed by atoms with Crippen LogP contribution in [0.3, 0.4) is 0 Å². The van der Waals surface area contributed by atoms with Crippen LogP contribution < -0.4 is 11.1 Å². The molecule has 1 aromatic heterocycles. The summed E-state index contributed by atoms with van der Waals surface area (Å²) in [5.41, 5.74) is 5.26.